The molecule has 6 heteroatoms. The van der Waals surface area contributed by atoms with Crippen molar-refractivity contribution in [3.63, 3.8) is 0 Å². The molecule has 2 aromatic carbocycles. The fourth-order valence-corrected chi connectivity index (χ4v) is 3.54. The van der Waals surface area contributed by atoms with Crippen LogP contribution in [0.1, 0.15) is 18.1 Å². The van der Waals surface area contributed by atoms with Crippen LogP contribution in [0.4, 0.5) is 0 Å². The van der Waals surface area contributed by atoms with E-state index in [1.165, 1.54) is 5.56 Å². The zero-order chi connectivity index (χ0) is 18.6. The number of rotatable bonds is 9. The Bertz CT molecular complexity index is 705. The van der Waals surface area contributed by atoms with E-state index in [9.17, 15) is 4.21 Å². The molecule has 0 aromatic heterocycles. The van der Waals surface area contributed by atoms with Crippen molar-refractivity contribution in [3.8, 4) is 0 Å². The van der Waals surface area contributed by atoms with Crippen molar-refractivity contribution >= 4 is 28.4 Å². The molecule has 1 atom stereocenters. The topological polar surface area (TPSA) is 53.5 Å². The highest BCUT2D eigenvalue weighted by Crippen LogP contribution is 2.09. The standard InChI is InChI=1S/C20H26ClN3OS/c1-2-22-20(23-13-12-17-8-10-19(21)11-9-17)24-14-15-26(25)16-18-6-4-3-5-7-18/h3-11H,2,12-16H2,1H3,(H2,22,23,24). The summed E-state index contributed by atoms with van der Waals surface area (Å²) in [6, 6.07) is 17.8. The van der Waals surface area contributed by atoms with Crippen LogP contribution in [0.3, 0.4) is 0 Å². The Morgan fingerprint density at radius 2 is 1.77 bits per heavy atom. The first kappa shape index (κ1) is 20.5. The molecule has 0 aliphatic carbocycles. The molecule has 0 fully saturated rings. The summed E-state index contributed by atoms with van der Waals surface area (Å²) in [6.07, 6.45) is 0.890. The quantitative estimate of drug-likeness (QED) is 0.509. The van der Waals surface area contributed by atoms with Gasteiger partial charge in [-0.3, -0.25) is 9.20 Å². The molecule has 0 amide bonds. The van der Waals surface area contributed by atoms with Gasteiger partial charge in [-0.05, 0) is 36.6 Å². The van der Waals surface area contributed by atoms with Crippen LogP contribution in [0.25, 0.3) is 0 Å². The van der Waals surface area contributed by atoms with Gasteiger partial charge in [0.15, 0.2) is 5.96 Å². The van der Waals surface area contributed by atoms with Gasteiger partial charge in [-0.2, -0.15) is 0 Å². The number of benzene rings is 2. The summed E-state index contributed by atoms with van der Waals surface area (Å²) in [5.74, 6) is 1.90. The third kappa shape index (κ3) is 8.02. The average molecular weight is 392 g/mol. The molecule has 26 heavy (non-hydrogen) atoms. The molecule has 0 aliphatic rings. The molecule has 2 aromatic rings. The van der Waals surface area contributed by atoms with Gasteiger partial charge in [-0.25, -0.2) is 0 Å². The Morgan fingerprint density at radius 3 is 2.46 bits per heavy atom. The molecular weight excluding hydrogens is 366 g/mol. The van der Waals surface area contributed by atoms with Gasteiger partial charge in [-0.1, -0.05) is 54.1 Å². The van der Waals surface area contributed by atoms with E-state index in [4.69, 9.17) is 11.6 Å². The lowest BCUT2D eigenvalue weighted by Gasteiger charge is -2.11. The summed E-state index contributed by atoms with van der Waals surface area (Å²) in [5.41, 5.74) is 2.32. The van der Waals surface area contributed by atoms with Crippen LogP contribution in [0.15, 0.2) is 59.6 Å². The minimum Gasteiger partial charge on any atom is -0.357 e. The minimum absolute atomic E-state index is 0.537. The highest BCUT2D eigenvalue weighted by atomic mass is 35.5. The maximum atomic E-state index is 12.2. The molecule has 1 unspecified atom stereocenters. The second kappa shape index (κ2) is 11.7. The van der Waals surface area contributed by atoms with Gasteiger partial charge in [0.05, 0.1) is 6.54 Å². The zero-order valence-electron chi connectivity index (χ0n) is 15.1. The number of nitrogens with zero attached hydrogens (tertiary/aromatic N) is 1. The van der Waals surface area contributed by atoms with E-state index < -0.39 is 10.8 Å². The molecule has 0 bridgehead atoms. The monoisotopic (exact) mass is 391 g/mol. The maximum Gasteiger partial charge on any atom is 0.191 e. The summed E-state index contributed by atoms with van der Waals surface area (Å²) in [5, 5.41) is 7.28. The predicted octanol–water partition coefficient (Wildman–Crippen LogP) is 3.39. The lowest BCUT2D eigenvalue weighted by atomic mass is 10.1. The third-order valence-corrected chi connectivity index (χ3v) is 5.27. The molecular formula is C20H26ClN3OS. The molecule has 0 heterocycles. The van der Waals surface area contributed by atoms with Crippen LogP contribution in [0.5, 0.6) is 0 Å². The Hall–Kier alpha value is -1.85. The van der Waals surface area contributed by atoms with Crippen molar-refractivity contribution < 1.29 is 4.21 Å². The average Bonchev–Trinajstić information content (AvgIpc) is 2.64. The van der Waals surface area contributed by atoms with Gasteiger partial charge >= 0.3 is 0 Å². The van der Waals surface area contributed by atoms with E-state index in [2.05, 4.69) is 15.6 Å². The van der Waals surface area contributed by atoms with Crippen LogP contribution >= 0.6 is 11.6 Å². The normalized spacial score (nSPS) is 12.6. The fraction of sp³-hybridized carbons (Fsp3) is 0.350. The molecule has 4 nitrogen and oxygen atoms in total. The number of hydrogen-bond acceptors (Lipinski definition) is 2. The SMILES string of the molecule is CCNC(=NCCS(=O)Cc1ccccc1)NCCc1ccc(Cl)cc1. The third-order valence-electron chi connectivity index (χ3n) is 3.72. The van der Waals surface area contributed by atoms with Crippen LogP contribution < -0.4 is 10.6 Å². The van der Waals surface area contributed by atoms with E-state index in [-0.39, 0.29) is 0 Å². The highest BCUT2D eigenvalue weighted by Gasteiger charge is 2.02. The zero-order valence-corrected chi connectivity index (χ0v) is 16.7. The van der Waals surface area contributed by atoms with E-state index in [0.717, 1.165) is 36.1 Å². The Morgan fingerprint density at radius 1 is 1.04 bits per heavy atom. The number of aliphatic imine (C=N–C) groups is 1. The van der Waals surface area contributed by atoms with Gasteiger partial charge in [0, 0.05) is 40.4 Å². The summed E-state index contributed by atoms with van der Waals surface area (Å²) >= 11 is 5.90. The van der Waals surface area contributed by atoms with Crippen molar-refractivity contribution in [2.75, 3.05) is 25.4 Å². The van der Waals surface area contributed by atoms with Crippen LogP contribution in [-0.4, -0.2) is 35.6 Å². The van der Waals surface area contributed by atoms with Crippen molar-refractivity contribution in [1.82, 2.24) is 10.6 Å². The first-order chi connectivity index (χ1) is 12.7. The van der Waals surface area contributed by atoms with Crippen molar-refractivity contribution in [2.24, 2.45) is 4.99 Å². The molecule has 140 valence electrons. The fourth-order valence-electron chi connectivity index (χ4n) is 2.41. The minimum atomic E-state index is -0.904. The van der Waals surface area contributed by atoms with Gasteiger partial charge in [0.2, 0.25) is 0 Å². The highest BCUT2D eigenvalue weighted by molar-refractivity contribution is 7.84. The second-order valence-electron chi connectivity index (χ2n) is 5.84. The molecule has 2 rings (SSSR count). The lowest BCUT2D eigenvalue weighted by Crippen LogP contribution is -2.38. The summed E-state index contributed by atoms with van der Waals surface area (Å²) in [4.78, 5) is 4.52. The van der Waals surface area contributed by atoms with E-state index in [0.29, 0.717) is 18.1 Å². The molecule has 0 aliphatic heterocycles. The van der Waals surface area contributed by atoms with Crippen molar-refractivity contribution in [1.29, 1.82) is 0 Å². The van der Waals surface area contributed by atoms with Crippen LogP contribution in [0, 0.1) is 0 Å². The van der Waals surface area contributed by atoms with Crippen molar-refractivity contribution in [3.05, 3.63) is 70.7 Å². The number of halogens is 1. The first-order valence-electron chi connectivity index (χ1n) is 8.83. The largest absolute Gasteiger partial charge is 0.357 e. The van der Waals surface area contributed by atoms with E-state index in [1.54, 1.807) is 0 Å². The molecule has 0 saturated carbocycles. The summed E-state index contributed by atoms with van der Waals surface area (Å²) < 4.78 is 12.2. The van der Waals surface area contributed by atoms with Gasteiger partial charge in [0.25, 0.3) is 0 Å². The predicted molar refractivity (Wildman–Crippen MR) is 112 cm³/mol. The Balaban J connectivity index is 1.74. The smallest absolute Gasteiger partial charge is 0.191 e. The molecule has 2 N–H and O–H groups in total. The Labute approximate surface area is 163 Å². The molecule has 0 saturated heterocycles. The lowest BCUT2D eigenvalue weighted by molar-refractivity contribution is 0.682. The number of guanidine groups is 1. The van der Waals surface area contributed by atoms with Gasteiger partial charge < -0.3 is 10.6 Å². The van der Waals surface area contributed by atoms with E-state index in [1.807, 2.05) is 61.5 Å². The van der Waals surface area contributed by atoms with E-state index >= 15 is 0 Å². The van der Waals surface area contributed by atoms with Gasteiger partial charge in [0.1, 0.15) is 0 Å². The Kier molecular flexibility index (Phi) is 9.21. The molecule has 0 radical (unpaired) electrons. The number of hydrogen-bond donors (Lipinski definition) is 2. The molecule has 0 spiro atoms. The first-order valence-corrected chi connectivity index (χ1v) is 10.7. The summed E-state index contributed by atoms with van der Waals surface area (Å²) in [6.45, 7) is 4.14. The second-order valence-corrected chi connectivity index (χ2v) is 7.85. The maximum absolute atomic E-state index is 12.2. The number of nitrogens with one attached hydrogen (secondary N) is 2. The summed E-state index contributed by atoms with van der Waals surface area (Å²) in [7, 11) is -0.904. The van der Waals surface area contributed by atoms with Crippen molar-refractivity contribution in [2.45, 2.75) is 19.1 Å². The van der Waals surface area contributed by atoms with Crippen LogP contribution in [0.2, 0.25) is 5.02 Å². The van der Waals surface area contributed by atoms with Crippen LogP contribution in [-0.2, 0) is 23.0 Å². The van der Waals surface area contributed by atoms with Gasteiger partial charge in [-0.15, -0.1) is 0 Å².